The molecule has 3 N–H and O–H groups in total. The number of aliphatic carboxylic acids is 1. The van der Waals surface area contributed by atoms with Gasteiger partial charge in [0.05, 0.1) is 7.11 Å². The summed E-state index contributed by atoms with van der Waals surface area (Å²) in [6, 6.07) is 0. The van der Waals surface area contributed by atoms with Crippen molar-refractivity contribution in [3.8, 4) is 0 Å². The van der Waals surface area contributed by atoms with Crippen LogP contribution in [0.15, 0.2) is 0 Å². The smallest absolute Gasteiger partial charge is 0.475 e. The van der Waals surface area contributed by atoms with Crippen LogP contribution in [-0.2, 0) is 9.63 Å². The Labute approximate surface area is 54.3 Å². The summed E-state index contributed by atoms with van der Waals surface area (Å²) in [4.78, 5) is 12.6. The molecule has 10 heavy (non-hydrogen) atoms. The predicted octanol–water partition coefficient (Wildman–Crippen LogP) is 0.140. The van der Waals surface area contributed by atoms with Crippen molar-refractivity contribution in [1.82, 2.24) is 0 Å². The minimum absolute atomic E-state index is 1.40. The van der Waals surface area contributed by atoms with Crippen molar-refractivity contribution >= 4 is 5.97 Å². The van der Waals surface area contributed by atoms with Crippen LogP contribution in [0.2, 0.25) is 0 Å². The number of rotatable bonds is 0. The summed E-state index contributed by atoms with van der Waals surface area (Å²) in [6.45, 7) is 0. The number of hydrogen-bond donors (Lipinski definition) is 2. The fraction of sp³-hybridized carbons (Fsp3) is 0.667. The second-order valence-corrected chi connectivity index (χ2v) is 1.04. The van der Waals surface area contributed by atoms with E-state index in [1.807, 2.05) is 0 Å². The first kappa shape index (κ1) is 11.9. The Morgan fingerprint density at radius 2 is 1.70 bits per heavy atom. The third-order valence-corrected chi connectivity index (χ3v) is 0.243. The number of halogens is 3. The first-order chi connectivity index (χ1) is 4.36. The average molecular weight is 161 g/mol. The lowest BCUT2D eigenvalue weighted by molar-refractivity contribution is -0.192. The molecule has 0 aliphatic carbocycles. The fourth-order valence-corrected chi connectivity index (χ4v) is 0. The molecule has 0 amide bonds. The molecule has 0 spiro atoms. The fourth-order valence-electron chi connectivity index (χ4n) is 0. The molecule has 0 atom stereocenters. The summed E-state index contributed by atoms with van der Waals surface area (Å²) in [5.41, 5.74) is 0. The second-order valence-electron chi connectivity index (χ2n) is 1.04. The quantitative estimate of drug-likeness (QED) is 0.495. The molecule has 0 aromatic heterocycles. The number of carbonyl (C=O) groups is 1. The van der Waals surface area contributed by atoms with Gasteiger partial charge in [0.2, 0.25) is 0 Å². The highest BCUT2D eigenvalue weighted by molar-refractivity contribution is 5.73. The van der Waals surface area contributed by atoms with Gasteiger partial charge in [-0.05, 0) is 0 Å². The zero-order valence-corrected chi connectivity index (χ0v) is 4.97. The van der Waals surface area contributed by atoms with E-state index >= 15 is 0 Å². The topological polar surface area (TPSA) is 72.5 Å². The van der Waals surface area contributed by atoms with Crippen molar-refractivity contribution in [2.45, 2.75) is 6.18 Å². The second kappa shape index (κ2) is 5.00. The maximum atomic E-state index is 10.6. The molecular formula is C3H6F3NO3. The molecule has 0 fully saturated rings. The van der Waals surface area contributed by atoms with Crippen molar-refractivity contribution < 1.29 is 27.9 Å². The lowest BCUT2D eigenvalue weighted by Crippen LogP contribution is -2.21. The molecule has 0 aliphatic heterocycles. The van der Waals surface area contributed by atoms with Gasteiger partial charge in [0.25, 0.3) is 0 Å². The Kier molecular flexibility index (Phi) is 5.96. The van der Waals surface area contributed by atoms with E-state index in [0.717, 1.165) is 0 Å². The van der Waals surface area contributed by atoms with Crippen LogP contribution in [0.1, 0.15) is 0 Å². The minimum atomic E-state index is -5.08. The van der Waals surface area contributed by atoms with E-state index < -0.39 is 12.1 Å². The van der Waals surface area contributed by atoms with Gasteiger partial charge in [0, 0.05) is 0 Å². The molecule has 7 heteroatoms. The lowest BCUT2D eigenvalue weighted by atomic mass is 10.7. The van der Waals surface area contributed by atoms with E-state index in [0.29, 0.717) is 0 Å². The molecule has 0 aliphatic rings. The van der Waals surface area contributed by atoms with Crippen LogP contribution in [0.4, 0.5) is 13.2 Å². The van der Waals surface area contributed by atoms with Crippen molar-refractivity contribution in [3.63, 3.8) is 0 Å². The standard InChI is InChI=1S/C2HF3O2.CH5NO/c3-2(4,5)1(6)7;1-3-2/h(H,6,7);2H2,1H3. The molecule has 4 nitrogen and oxygen atoms in total. The van der Waals surface area contributed by atoms with E-state index in [1.165, 1.54) is 7.11 Å². The summed E-state index contributed by atoms with van der Waals surface area (Å²) >= 11 is 0. The Hall–Kier alpha value is -0.820. The van der Waals surface area contributed by atoms with Gasteiger partial charge < -0.3 is 9.94 Å². The van der Waals surface area contributed by atoms with Gasteiger partial charge in [0.1, 0.15) is 0 Å². The molecule has 0 bridgehead atoms. The van der Waals surface area contributed by atoms with Crippen LogP contribution in [0.5, 0.6) is 0 Å². The van der Waals surface area contributed by atoms with Crippen LogP contribution < -0.4 is 5.90 Å². The van der Waals surface area contributed by atoms with Crippen molar-refractivity contribution in [2.75, 3.05) is 7.11 Å². The van der Waals surface area contributed by atoms with Crippen molar-refractivity contribution in [1.29, 1.82) is 0 Å². The van der Waals surface area contributed by atoms with Crippen LogP contribution in [0, 0.1) is 0 Å². The number of hydrogen-bond acceptors (Lipinski definition) is 3. The monoisotopic (exact) mass is 161 g/mol. The number of carboxylic acid groups (broad SMARTS) is 1. The normalized spacial score (nSPS) is 9.70. The van der Waals surface area contributed by atoms with Crippen LogP contribution in [-0.4, -0.2) is 24.4 Å². The van der Waals surface area contributed by atoms with E-state index in [-0.39, 0.29) is 0 Å². The third kappa shape index (κ3) is 10.2. The molecule has 0 rings (SSSR count). The van der Waals surface area contributed by atoms with Gasteiger partial charge in [0.15, 0.2) is 0 Å². The number of nitrogens with two attached hydrogens (primary N) is 1. The summed E-state index contributed by atoms with van der Waals surface area (Å²) in [5.74, 6) is 1.59. The lowest BCUT2D eigenvalue weighted by Gasteiger charge is -1.93. The predicted molar refractivity (Wildman–Crippen MR) is 24.9 cm³/mol. The molecule has 0 saturated carbocycles. The van der Waals surface area contributed by atoms with Crippen LogP contribution in [0.25, 0.3) is 0 Å². The highest BCUT2D eigenvalue weighted by Gasteiger charge is 2.38. The highest BCUT2D eigenvalue weighted by Crippen LogP contribution is 2.13. The minimum Gasteiger partial charge on any atom is -0.475 e. The number of carboxylic acids is 1. The van der Waals surface area contributed by atoms with E-state index in [2.05, 4.69) is 10.7 Å². The number of alkyl halides is 3. The zero-order valence-electron chi connectivity index (χ0n) is 4.97. The Balaban J connectivity index is 0. The van der Waals surface area contributed by atoms with E-state index in [4.69, 9.17) is 9.90 Å². The molecule has 0 saturated heterocycles. The molecule has 0 radical (unpaired) electrons. The Morgan fingerprint density at radius 1 is 1.60 bits per heavy atom. The van der Waals surface area contributed by atoms with Crippen molar-refractivity contribution in [3.05, 3.63) is 0 Å². The maximum Gasteiger partial charge on any atom is 0.490 e. The van der Waals surface area contributed by atoms with Crippen LogP contribution in [0.3, 0.4) is 0 Å². The Morgan fingerprint density at radius 3 is 1.70 bits per heavy atom. The van der Waals surface area contributed by atoms with Crippen molar-refractivity contribution in [2.24, 2.45) is 5.90 Å². The molecular weight excluding hydrogens is 155 g/mol. The van der Waals surface area contributed by atoms with Gasteiger partial charge in [-0.3, -0.25) is 0 Å². The summed E-state index contributed by atoms with van der Waals surface area (Å²) in [6.07, 6.45) is -5.08. The molecule has 0 aromatic carbocycles. The highest BCUT2D eigenvalue weighted by atomic mass is 19.4. The van der Waals surface area contributed by atoms with Gasteiger partial charge in [-0.2, -0.15) is 13.2 Å². The Bertz CT molecular complexity index is 102. The molecule has 0 aromatic rings. The molecule has 62 valence electrons. The van der Waals surface area contributed by atoms with Gasteiger partial charge in [-0.1, -0.05) is 0 Å². The first-order valence-corrected chi connectivity index (χ1v) is 1.89. The largest absolute Gasteiger partial charge is 0.490 e. The summed E-state index contributed by atoms with van der Waals surface area (Å²) in [7, 11) is 1.40. The maximum absolute atomic E-state index is 10.6. The molecule has 0 unspecified atom stereocenters. The van der Waals surface area contributed by atoms with E-state index in [9.17, 15) is 13.2 Å². The van der Waals surface area contributed by atoms with E-state index in [1.54, 1.807) is 0 Å². The SMILES string of the molecule is CON.O=C(O)C(F)(F)F. The summed E-state index contributed by atoms with van der Waals surface area (Å²) < 4.78 is 31.7. The third-order valence-electron chi connectivity index (χ3n) is 0.243. The zero-order chi connectivity index (χ0) is 8.78. The average Bonchev–Trinajstić information content (AvgIpc) is 1.64. The van der Waals surface area contributed by atoms with Gasteiger partial charge >= 0.3 is 12.1 Å². The van der Waals surface area contributed by atoms with Gasteiger partial charge in [-0.15, -0.1) is 0 Å². The summed E-state index contributed by atoms with van der Waals surface area (Å²) in [5, 5.41) is 7.12. The van der Waals surface area contributed by atoms with Crippen LogP contribution >= 0.6 is 0 Å². The molecule has 0 heterocycles. The first-order valence-electron chi connectivity index (χ1n) is 1.89. The van der Waals surface area contributed by atoms with Gasteiger partial charge in [-0.25, -0.2) is 10.7 Å².